The third kappa shape index (κ3) is 3.97. The van der Waals surface area contributed by atoms with Crippen molar-refractivity contribution in [2.24, 2.45) is 0 Å². The lowest BCUT2D eigenvalue weighted by atomic mass is 9.76. The summed E-state index contributed by atoms with van der Waals surface area (Å²) in [7, 11) is 1.67. The third-order valence-electron chi connectivity index (χ3n) is 4.84. The van der Waals surface area contributed by atoms with E-state index < -0.39 is 0 Å². The Labute approximate surface area is 157 Å². The molecule has 0 bridgehead atoms. The fraction of sp³-hybridized carbons (Fsp3) is 0.300. The van der Waals surface area contributed by atoms with Crippen molar-refractivity contribution in [1.82, 2.24) is 25.5 Å². The Morgan fingerprint density at radius 3 is 2.78 bits per heavy atom. The van der Waals surface area contributed by atoms with Crippen LogP contribution in [0.4, 0.5) is 0 Å². The topological polar surface area (TPSA) is 81.9 Å². The van der Waals surface area contributed by atoms with Crippen molar-refractivity contribution in [3.05, 3.63) is 60.2 Å². The molecule has 4 rings (SSSR count). The van der Waals surface area contributed by atoms with Crippen molar-refractivity contribution in [3.8, 4) is 17.1 Å². The summed E-state index contributed by atoms with van der Waals surface area (Å²) in [6.45, 7) is 0.0696. The van der Waals surface area contributed by atoms with Crippen LogP contribution in [-0.4, -0.2) is 39.3 Å². The Kier molecular flexibility index (Phi) is 4.82. The number of methoxy groups -OCH3 is 1. The predicted octanol–water partition coefficient (Wildman–Crippen LogP) is 2.41. The molecule has 27 heavy (non-hydrogen) atoms. The average Bonchev–Trinajstić information content (AvgIpc) is 3.13. The van der Waals surface area contributed by atoms with Gasteiger partial charge in [-0.25, -0.2) is 0 Å². The molecular formula is C20H21N5O2. The quantitative estimate of drug-likeness (QED) is 0.727. The van der Waals surface area contributed by atoms with E-state index in [0.717, 1.165) is 24.2 Å². The predicted molar refractivity (Wildman–Crippen MR) is 100 cm³/mol. The molecule has 0 aliphatic heterocycles. The van der Waals surface area contributed by atoms with Gasteiger partial charge in [-0.3, -0.25) is 4.79 Å². The summed E-state index contributed by atoms with van der Waals surface area (Å²) < 4.78 is 5.27. The lowest BCUT2D eigenvalue weighted by Gasteiger charge is -2.36. The highest BCUT2D eigenvalue weighted by Gasteiger charge is 2.31. The van der Waals surface area contributed by atoms with Crippen molar-refractivity contribution in [3.63, 3.8) is 0 Å². The van der Waals surface area contributed by atoms with Crippen LogP contribution < -0.4 is 10.1 Å². The maximum atomic E-state index is 12.2. The molecule has 0 atom stereocenters. The lowest BCUT2D eigenvalue weighted by molar-refractivity contribution is -0.123. The van der Waals surface area contributed by atoms with Gasteiger partial charge >= 0.3 is 0 Å². The molecule has 1 aliphatic carbocycles. The number of hydrogen-bond acceptors (Lipinski definition) is 5. The van der Waals surface area contributed by atoms with Crippen molar-refractivity contribution in [2.75, 3.05) is 7.11 Å². The summed E-state index contributed by atoms with van der Waals surface area (Å²) in [5, 5.41) is 15.3. The van der Waals surface area contributed by atoms with Crippen LogP contribution in [0.5, 0.6) is 5.75 Å². The molecule has 1 fully saturated rings. The van der Waals surface area contributed by atoms with E-state index in [0.29, 0.717) is 11.7 Å². The third-order valence-corrected chi connectivity index (χ3v) is 4.84. The summed E-state index contributed by atoms with van der Waals surface area (Å²) in [4.78, 5) is 13.6. The van der Waals surface area contributed by atoms with Gasteiger partial charge in [0.15, 0.2) is 0 Å². The molecule has 1 aromatic heterocycles. The Morgan fingerprint density at radius 1 is 1.19 bits per heavy atom. The summed E-state index contributed by atoms with van der Waals surface area (Å²) in [6.07, 6.45) is 1.86. The summed E-state index contributed by atoms with van der Waals surface area (Å²) in [6, 6.07) is 17.9. The minimum absolute atomic E-state index is 0.0696. The average molecular weight is 363 g/mol. The molecule has 0 unspecified atom stereocenters. The van der Waals surface area contributed by atoms with Gasteiger partial charge in [0.05, 0.1) is 7.11 Å². The first kappa shape index (κ1) is 17.2. The zero-order valence-electron chi connectivity index (χ0n) is 15.1. The van der Waals surface area contributed by atoms with Crippen LogP contribution in [0.15, 0.2) is 54.6 Å². The van der Waals surface area contributed by atoms with Crippen molar-refractivity contribution >= 4 is 5.91 Å². The number of tetrazole rings is 1. The molecule has 2 aromatic carbocycles. The summed E-state index contributed by atoms with van der Waals surface area (Å²) >= 11 is 0. The van der Waals surface area contributed by atoms with E-state index in [1.54, 1.807) is 7.11 Å². The second-order valence-electron chi connectivity index (χ2n) is 6.72. The molecular weight excluding hydrogens is 342 g/mol. The molecule has 1 amide bonds. The van der Waals surface area contributed by atoms with E-state index >= 15 is 0 Å². The number of carbonyl (C=O) groups excluding carboxylic acids is 1. The Morgan fingerprint density at radius 2 is 2.00 bits per heavy atom. The van der Waals surface area contributed by atoms with Gasteiger partial charge in [-0.1, -0.05) is 42.5 Å². The van der Waals surface area contributed by atoms with Crippen molar-refractivity contribution < 1.29 is 9.53 Å². The van der Waals surface area contributed by atoms with Gasteiger partial charge < -0.3 is 10.1 Å². The number of amides is 1. The molecule has 7 heteroatoms. The van der Waals surface area contributed by atoms with E-state index in [2.05, 4.69) is 32.9 Å². The highest BCUT2D eigenvalue weighted by atomic mass is 16.5. The minimum atomic E-state index is -0.0962. The molecule has 1 saturated carbocycles. The van der Waals surface area contributed by atoms with Crippen LogP contribution >= 0.6 is 0 Å². The Bertz CT molecular complexity index is 919. The molecule has 1 aliphatic rings. The van der Waals surface area contributed by atoms with E-state index in [1.807, 2.05) is 42.5 Å². The van der Waals surface area contributed by atoms with Crippen LogP contribution in [0.3, 0.4) is 0 Å². The van der Waals surface area contributed by atoms with E-state index in [-0.39, 0.29) is 18.5 Å². The highest BCUT2D eigenvalue weighted by Crippen LogP contribution is 2.37. The molecule has 7 nitrogen and oxygen atoms in total. The molecule has 0 spiro atoms. The SMILES string of the molecule is COc1cccc(C2CC(NC(=O)Cn3nnc(-c4ccccc4)n3)C2)c1. The monoisotopic (exact) mass is 363 g/mol. The fourth-order valence-corrected chi connectivity index (χ4v) is 3.32. The summed E-state index contributed by atoms with van der Waals surface area (Å²) in [5.74, 6) is 1.75. The summed E-state index contributed by atoms with van der Waals surface area (Å²) in [5.41, 5.74) is 2.13. The van der Waals surface area contributed by atoms with Crippen molar-refractivity contribution in [1.29, 1.82) is 0 Å². The van der Waals surface area contributed by atoms with Gasteiger partial charge in [0, 0.05) is 11.6 Å². The van der Waals surface area contributed by atoms with Crippen LogP contribution in [0.1, 0.15) is 24.3 Å². The van der Waals surface area contributed by atoms with Crippen LogP contribution in [0.2, 0.25) is 0 Å². The Balaban J connectivity index is 1.28. The van der Waals surface area contributed by atoms with Crippen molar-refractivity contribution in [2.45, 2.75) is 31.3 Å². The van der Waals surface area contributed by atoms with Gasteiger partial charge in [-0.15, -0.1) is 10.2 Å². The normalized spacial score (nSPS) is 18.6. The standard InChI is InChI=1S/C20H21N5O2/c1-27-18-9-5-8-15(12-18)16-10-17(11-16)21-19(26)13-25-23-20(22-24-25)14-6-3-2-4-7-14/h2-9,12,16-17H,10-11,13H2,1H3,(H,21,26). The van der Waals surface area contributed by atoms with E-state index in [1.165, 1.54) is 10.4 Å². The molecule has 0 radical (unpaired) electrons. The number of hydrogen-bond donors (Lipinski definition) is 1. The number of nitrogens with zero attached hydrogens (tertiary/aromatic N) is 4. The second-order valence-corrected chi connectivity index (χ2v) is 6.72. The zero-order chi connectivity index (χ0) is 18.6. The number of benzene rings is 2. The smallest absolute Gasteiger partial charge is 0.243 e. The largest absolute Gasteiger partial charge is 0.497 e. The Hall–Kier alpha value is -3.22. The number of rotatable bonds is 6. The molecule has 1 N–H and O–H groups in total. The fourth-order valence-electron chi connectivity index (χ4n) is 3.32. The highest BCUT2D eigenvalue weighted by molar-refractivity contribution is 5.76. The van der Waals surface area contributed by atoms with E-state index in [9.17, 15) is 4.79 Å². The van der Waals surface area contributed by atoms with Gasteiger partial charge in [-0.05, 0) is 41.7 Å². The van der Waals surface area contributed by atoms with Gasteiger partial charge in [0.1, 0.15) is 12.3 Å². The zero-order valence-corrected chi connectivity index (χ0v) is 15.1. The first-order chi connectivity index (χ1) is 13.2. The second kappa shape index (κ2) is 7.57. The van der Waals surface area contributed by atoms with Crippen LogP contribution in [0, 0.1) is 0 Å². The first-order valence-corrected chi connectivity index (χ1v) is 8.98. The van der Waals surface area contributed by atoms with Crippen LogP contribution in [-0.2, 0) is 11.3 Å². The molecule has 0 saturated heterocycles. The van der Waals surface area contributed by atoms with Gasteiger partial charge in [0.2, 0.25) is 11.7 Å². The molecule has 3 aromatic rings. The van der Waals surface area contributed by atoms with E-state index in [4.69, 9.17) is 4.74 Å². The maximum absolute atomic E-state index is 12.2. The number of carbonyl (C=O) groups is 1. The molecule has 1 heterocycles. The van der Waals surface area contributed by atoms with Crippen LogP contribution in [0.25, 0.3) is 11.4 Å². The number of ether oxygens (including phenoxy) is 1. The number of aromatic nitrogens is 4. The van der Waals surface area contributed by atoms with Gasteiger partial charge in [0.25, 0.3) is 0 Å². The molecule has 138 valence electrons. The minimum Gasteiger partial charge on any atom is -0.497 e. The van der Waals surface area contributed by atoms with Gasteiger partial charge in [-0.2, -0.15) is 4.80 Å². The first-order valence-electron chi connectivity index (χ1n) is 8.98. The lowest BCUT2D eigenvalue weighted by Crippen LogP contribution is -2.44. The number of nitrogens with one attached hydrogen (secondary N) is 1. The maximum Gasteiger partial charge on any atom is 0.243 e.